The van der Waals surface area contributed by atoms with Crippen LogP contribution in [0.4, 0.5) is 0 Å². The predicted molar refractivity (Wildman–Crippen MR) is 265 cm³/mol. The van der Waals surface area contributed by atoms with E-state index in [0.29, 0.717) is 17.5 Å². The van der Waals surface area contributed by atoms with Crippen LogP contribution < -0.4 is 0 Å². The molecule has 13 rings (SSSR count). The summed E-state index contributed by atoms with van der Waals surface area (Å²) in [4.78, 5) is 16.2. The minimum absolute atomic E-state index is 0.603. The minimum atomic E-state index is 0.603. The summed E-state index contributed by atoms with van der Waals surface area (Å²) in [6.45, 7) is 0. The van der Waals surface area contributed by atoms with Gasteiger partial charge < -0.3 is 9.13 Å². The highest BCUT2D eigenvalue weighted by molar-refractivity contribution is 6.15. The molecule has 10 aromatic carbocycles. The molecule has 0 saturated heterocycles. The van der Waals surface area contributed by atoms with Crippen molar-refractivity contribution in [3.8, 4) is 56.7 Å². The molecule has 3 heterocycles. The highest BCUT2D eigenvalue weighted by Crippen LogP contribution is 2.42. The number of hydrogen-bond donors (Lipinski definition) is 0. The Morgan fingerprint density at radius 1 is 0.266 bits per heavy atom. The molecular formula is C59H37N5. The second kappa shape index (κ2) is 14.5. The number of nitrogens with zero attached hydrogens (tertiary/aromatic N) is 5. The molecule has 5 heteroatoms. The SMILES string of the molecule is c1ccc(-c2ccc(-c3nc(-c4ccc5c(c4)c4ccccc4n5-c4ccccc4)nc(-c4ccc5ccccc5c4-n4c5ccccc5c5cc6ccccc6cc54)n3)cc2)cc1. The number of hydrogen-bond acceptors (Lipinski definition) is 3. The fourth-order valence-electron chi connectivity index (χ4n) is 9.74. The van der Waals surface area contributed by atoms with Gasteiger partial charge in [0.15, 0.2) is 17.5 Å². The van der Waals surface area contributed by atoms with E-state index in [1.807, 2.05) is 6.07 Å². The Balaban J connectivity index is 1.08. The van der Waals surface area contributed by atoms with Crippen LogP contribution in [0, 0.1) is 0 Å². The van der Waals surface area contributed by atoms with Gasteiger partial charge in [-0.05, 0) is 87.9 Å². The number of rotatable bonds is 6. The van der Waals surface area contributed by atoms with Crippen molar-refractivity contribution in [2.24, 2.45) is 0 Å². The Labute approximate surface area is 368 Å². The van der Waals surface area contributed by atoms with Gasteiger partial charge in [-0.3, -0.25) is 0 Å². The van der Waals surface area contributed by atoms with Crippen molar-refractivity contribution in [2.45, 2.75) is 0 Å². The third kappa shape index (κ3) is 5.75. The molecular weight excluding hydrogens is 779 g/mol. The molecule has 0 N–H and O–H groups in total. The quantitative estimate of drug-likeness (QED) is 0.168. The van der Waals surface area contributed by atoms with Crippen LogP contribution in [0.2, 0.25) is 0 Å². The van der Waals surface area contributed by atoms with E-state index < -0.39 is 0 Å². The maximum absolute atomic E-state index is 5.46. The lowest BCUT2D eigenvalue weighted by atomic mass is 10.0. The zero-order valence-corrected chi connectivity index (χ0v) is 34.6. The highest BCUT2D eigenvalue weighted by Gasteiger charge is 2.23. The maximum Gasteiger partial charge on any atom is 0.166 e. The second-order valence-corrected chi connectivity index (χ2v) is 16.4. The molecule has 0 amide bonds. The van der Waals surface area contributed by atoms with E-state index in [1.54, 1.807) is 0 Å². The molecule has 0 atom stereocenters. The summed E-state index contributed by atoms with van der Waals surface area (Å²) < 4.78 is 4.76. The smallest absolute Gasteiger partial charge is 0.166 e. The van der Waals surface area contributed by atoms with Gasteiger partial charge in [-0.25, -0.2) is 15.0 Å². The van der Waals surface area contributed by atoms with E-state index in [0.717, 1.165) is 77.4 Å². The van der Waals surface area contributed by atoms with E-state index >= 15 is 0 Å². The normalized spacial score (nSPS) is 11.8. The average molecular weight is 816 g/mol. The first-order chi connectivity index (χ1) is 31.7. The molecule has 0 fully saturated rings. The van der Waals surface area contributed by atoms with Gasteiger partial charge in [-0.1, -0.05) is 164 Å². The topological polar surface area (TPSA) is 48.5 Å². The lowest BCUT2D eigenvalue weighted by molar-refractivity contribution is 1.07. The summed E-state index contributed by atoms with van der Waals surface area (Å²) in [5.74, 6) is 1.82. The highest BCUT2D eigenvalue weighted by atomic mass is 15.1. The molecule has 0 aliphatic carbocycles. The van der Waals surface area contributed by atoms with Gasteiger partial charge in [0, 0.05) is 49.3 Å². The lowest BCUT2D eigenvalue weighted by Gasteiger charge is -2.17. The van der Waals surface area contributed by atoms with E-state index in [9.17, 15) is 0 Å². The van der Waals surface area contributed by atoms with Crippen LogP contribution >= 0.6 is 0 Å². The summed E-state index contributed by atoms with van der Waals surface area (Å²) >= 11 is 0. The van der Waals surface area contributed by atoms with Gasteiger partial charge >= 0.3 is 0 Å². The summed E-state index contributed by atoms with van der Waals surface area (Å²) in [6.07, 6.45) is 0. The van der Waals surface area contributed by atoms with Crippen LogP contribution in [0.1, 0.15) is 0 Å². The summed E-state index contributed by atoms with van der Waals surface area (Å²) in [7, 11) is 0. The maximum atomic E-state index is 5.46. The Kier molecular flexibility index (Phi) is 8.15. The van der Waals surface area contributed by atoms with Gasteiger partial charge in [0.05, 0.1) is 27.8 Å². The van der Waals surface area contributed by atoms with Crippen molar-refractivity contribution in [1.82, 2.24) is 24.1 Å². The zero-order chi connectivity index (χ0) is 42.1. The molecule has 0 spiro atoms. The molecule has 3 aromatic heterocycles. The van der Waals surface area contributed by atoms with Gasteiger partial charge in [0.1, 0.15) is 0 Å². The first-order valence-corrected chi connectivity index (χ1v) is 21.7. The van der Waals surface area contributed by atoms with Crippen LogP contribution in [-0.4, -0.2) is 24.1 Å². The molecule has 64 heavy (non-hydrogen) atoms. The van der Waals surface area contributed by atoms with Crippen LogP contribution in [0.25, 0.3) is 122 Å². The first-order valence-electron chi connectivity index (χ1n) is 21.7. The Morgan fingerprint density at radius 3 is 1.50 bits per heavy atom. The third-order valence-corrected chi connectivity index (χ3v) is 12.7. The van der Waals surface area contributed by atoms with Crippen molar-refractivity contribution in [3.05, 3.63) is 224 Å². The summed E-state index contributed by atoms with van der Waals surface area (Å²) in [5.41, 5.74) is 11.7. The fraction of sp³-hybridized carbons (Fsp3) is 0. The van der Waals surface area contributed by atoms with Crippen LogP contribution in [0.15, 0.2) is 224 Å². The molecule has 0 unspecified atom stereocenters. The minimum Gasteiger partial charge on any atom is -0.309 e. The Bertz CT molecular complexity index is 3940. The van der Waals surface area contributed by atoms with E-state index in [2.05, 4.69) is 228 Å². The Hall–Kier alpha value is -8.67. The van der Waals surface area contributed by atoms with E-state index in [1.165, 1.54) is 26.9 Å². The van der Waals surface area contributed by atoms with Crippen LogP contribution in [0.5, 0.6) is 0 Å². The molecule has 298 valence electrons. The predicted octanol–water partition coefficient (Wildman–Crippen LogP) is 15.0. The molecule has 0 aliphatic rings. The van der Waals surface area contributed by atoms with Crippen molar-refractivity contribution in [1.29, 1.82) is 0 Å². The molecule has 0 saturated carbocycles. The average Bonchev–Trinajstić information content (AvgIpc) is 3.87. The third-order valence-electron chi connectivity index (χ3n) is 12.7. The summed E-state index contributed by atoms with van der Waals surface area (Å²) in [6, 6.07) is 79.8. The first kappa shape index (κ1) is 36.0. The molecule has 0 aliphatic heterocycles. The van der Waals surface area contributed by atoms with Crippen molar-refractivity contribution in [3.63, 3.8) is 0 Å². The second-order valence-electron chi connectivity index (χ2n) is 16.4. The molecule has 0 bridgehead atoms. The van der Waals surface area contributed by atoms with Crippen LogP contribution in [0.3, 0.4) is 0 Å². The largest absolute Gasteiger partial charge is 0.309 e. The van der Waals surface area contributed by atoms with E-state index in [4.69, 9.17) is 15.0 Å². The summed E-state index contributed by atoms with van der Waals surface area (Å²) in [5, 5.41) is 9.35. The molecule has 5 nitrogen and oxygen atoms in total. The zero-order valence-electron chi connectivity index (χ0n) is 34.6. The number of aromatic nitrogens is 5. The monoisotopic (exact) mass is 815 g/mol. The van der Waals surface area contributed by atoms with Gasteiger partial charge in [0.2, 0.25) is 0 Å². The number of para-hydroxylation sites is 3. The number of fused-ring (bicyclic) bond motifs is 8. The molecule has 0 radical (unpaired) electrons. The van der Waals surface area contributed by atoms with Crippen molar-refractivity contribution >= 4 is 65.2 Å². The number of benzene rings is 10. The van der Waals surface area contributed by atoms with Crippen molar-refractivity contribution in [2.75, 3.05) is 0 Å². The fourth-order valence-corrected chi connectivity index (χ4v) is 9.74. The van der Waals surface area contributed by atoms with Crippen molar-refractivity contribution < 1.29 is 0 Å². The van der Waals surface area contributed by atoms with E-state index in [-0.39, 0.29) is 0 Å². The van der Waals surface area contributed by atoms with Gasteiger partial charge in [0.25, 0.3) is 0 Å². The standard InChI is InChI=1S/C59H37N5/c1-3-15-38(16-4-1)39-27-29-41(30-28-39)57-60-58(44-32-34-54-50(36-44)47-23-11-13-25-52(47)63(54)45-20-5-2-6-21-45)62-59(61-57)49-33-31-40-17-9-10-22-46(40)56(49)64-53-26-14-12-24-48(53)51-35-42-18-7-8-19-43(42)37-55(51)64/h1-37H. The van der Waals surface area contributed by atoms with Gasteiger partial charge in [-0.2, -0.15) is 0 Å². The van der Waals surface area contributed by atoms with Gasteiger partial charge in [-0.15, -0.1) is 0 Å². The lowest BCUT2D eigenvalue weighted by Crippen LogP contribution is -2.04. The Morgan fingerprint density at radius 2 is 0.766 bits per heavy atom. The molecule has 13 aromatic rings. The van der Waals surface area contributed by atoms with Crippen LogP contribution in [-0.2, 0) is 0 Å².